The fraction of sp³-hybridized carbons (Fsp3) is 0.286. The van der Waals surface area contributed by atoms with Gasteiger partial charge in [-0.05, 0) is 55.5 Å². The number of primary amides is 1. The number of nitrogens with two attached hydrogens (primary N) is 1. The van der Waals surface area contributed by atoms with Gasteiger partial charge in [0.25, 0.3) is 5.91 Å². The summed E-state index contributed by atoms with van der Waals surface area (Å²) in [5.41, 5.74) is 5.40. The van der Waals surface area contributed by atoms with Gasteiger partial charge in [0.2, 0.25) is 15.9 Å². The number of nitrogens with one attached hydrogen (secondary N) is 1. The molecule has 0 spiro atoms. The predicted molar refractivity (Wildman–Crippen MR) is 116 cm³/mol. The first-order chi connectivity index (χ1) is 15.5. The zero-order valence-corrected chi connectivity index (χ0v) is 18.8. The molecule has 33 heavy (non-hydrogen) atoms. The molecule has 0 saturated carbocycles. The third-order valence-electron chi connectivity index (χ3n) is 4.41. The van der Waals surface area contributed by atoms with Crippen molar-refractivity contribution < 1.29 is 36.7 Å². The summed E-state index contributed by atoms with van der Waals surface area (Å²) in [5.74, 6) is -2.42. The molecule has 0 bridgehead atoms. The molecule has 0 saturated heterocycles. The highest BCUT2D eigenvalue weighted by molar-refractivity contribution is 7.89. The number of rotatable bonds is 11. The van der Waals surface area contributed by atoms with E-state index in [1.54, 1.807) is 0 Å². The Hall–Kier alpha value is -3.51. The minimum absolute atomic E-state index is 0.0898. The van der Waals surface area contributed by atoms with Gasteiger partial charge in [0.1, 0.15) is 17.6 Å². The molecule has 0 heterocycles. The number of carbonyl (C=O) groups is 3. The number of esters is 1. The fourth-order valence-corrected chi connectivity index (χ4v) is 3.87. The van der Waals surface area contributed by atoms with Crippen molar-refractivity contribution in [3.63, 3.8) is 0 Å². The van der Waals surface area contributed by atoms with E-state index >= 15 is 0 Å². The van der Waals surface area contributed by atoms with Crippen LogP contribution in [0.15, 0.2) is 53.4 Å². The van der Waals surface area contributed by atoms with E-state index in [1.807, 2.05) is 0 Å². The van der Waals surface area contributed by atoms with Crippen molar-refractivity contribution in [3.8, 4) is 5.75 Å². The summed E-state index contributed by atoms with van der Waals surface area (Å²) in [5, 5.41) is 0. The second-order valence-electron chi connectivity index (χ2n) is 6.86. The Bertz CT molecular complexity index is 1090. The molecule has 0 unspecified atom stereocenters. The van der Waals surface area contributed by atoms with Gasteiger partial charge in [-0.2, -0.15) is 4.72 Å². The lowest BCUT2D eigenvalue weighted by molar-refractivity contribution is -0.149. The summed E-state index contributed by atoms with van der Waals surface area (Å²) in [4.78, 5) is 37.0. The van der Waals surface area contributed by atoms with Crippen LogP contribution in [0.4, 0.5) is 10.1 Å². The number of carbonyl (C=O) groups excluding carboxylic acids is 3. The summed E-state index contributed by atoms with van der Waals surface area (Å²) in [6.07, 6.45) is -0.172. The van der Waals surface area contributed by atoms with Crippen molar-refractivity contribution in [3.05, 3.63) is 54.3 Å². The number of hydrogen-bond acceptors (Lipinski definition) is 7. The van der Waals surface area contributed by atoms with Gasteiger partial charge in [-0.15, -0.1) is 0 Å². The van der Waals surface area contributed by atoms with E-state index in [2.05, 4.69) is 4.72 Å². The Morgan fingerprint density at radius 3 is 2.24 bits per heavy atom. The number of amides is 2. The van der Waals surface area contributed by atoms with Crippen LogP contribution in [0.3, 0.4) is 0 Å². The Balaban J connectivity index is 2.01. The predicted octanol–water partition coefficient (Wildman–Crippen LogP) is 0.953. The van der Waals surface area contributed by atoms with Crippen LogP contribution in [-0.4, -0.2) is 52.5 Å². The first-order valence-electron chi connectivity index (χ1n) is 9.70. The first kappa shape index (κ1) is 25.7. The largest absolute Gasteiger partial charge is 0.497 e. The standard InChI is InChI=1S/C21H24FN3O7S/c1-14(24-33(29,30)18-9-7-17(31-2)8-10-18)21(28)32-13-20(27)25(12-11-19(23)26)16-5-3-15(22)4-6-16/h3-10,14,24H,11-13H2,1-2H3,(H2,23,26)/t14-/m0/s1. The lowest BCUT2D eigenvalue weighted by atomic mass is 10.2. The zero-order chi connectivity index (χ0) is 24.6. The summed E-state index contributed by atoms with van der Waals surface area (Å²) < 4.78 is 50.2. The molecule has 12 heteroatoms. The molecule has 0 aromatic heterocycles. The van der Waals surface area contributed by atoms with Crippen molar-refractivity contribution in [2.75, 3.05) is 25.2 Å². The lowest BCUT2D eigenvalue weighted by Gasteiger charge is -2.22. The van der Waals surface area contributed by atoms with E-state index in [4.69, 9.17) is 15.2 Å². The van der Waals surface area contributed by atoms with Gasteiger partial charge in [0.15, 0.2) is 6.61 Å². The van der Waals surface area contributed by atoms with Crippen LogP contribution >= 0.6 is 0 Å². The van der Waals surface area contributed by atoms with E-state index in [9.17, 15) is 27.2 Å². The molecule has 2 rings (SSSR count). The van der Waals surface area contributed by atoms with Crippen LogP contribution in [0.25, 0.3) is 0 Å². The number of sulfonamides is 1. The van der Waals surface area contributed by atoms with Crippen LogP contribution in [0.1, 0.15) is 13.3 Å². The third-order valence-corrected chi connectivity index (χ3v) is 5.97. The van der Waals surface area contributed by atoms with Crippen LogP contribution in [0.5, 0.6) is 5.75 Å². The number of ether oxygens (including phenoxy) is 2. The Morgan fingerprint density at radius 2 is 1.70 bits per heavy atom. The van der Waals surface area contributed by atoms with Crippen molar-refractivity contribution in [2.45, 2.75) is 24.3 Å². The molecular formula is C21H24FN3O7S. The number of benzene rings is 2. The normalized spacial score (nSPS) is 12.0. The summed E-state index contributed by atoms with van der Waals surface area (Å²) >= 11 is 0. The number of halogens is 1. The second kappa shape index (κ2) is 11.4. The highest BCUT2D eigenvalue weighted by Gasteiger charge is 2.25. The van der Waals surface area contributed by atoms with Gasteiger partial charge in [-0.25, -0.2) is 12.8 Å². The maximum atomic E-state index is 13.2. The highest BCUT2D eigenvalue weighted by atomic mass is 32.2. The number of methoxy groups -OCH3 is 1. The van der Waals surface area contributed by atoms with Gasteiger partial charge in [-0.1, -0.05) is 0 Å². The van der Waals surface area contributed by atoms with Crippen molar-refractivity contribution in [1.29, 1.82) is 0 Å². The summed E-state index contributed by atoms with van der Waals surface area (Å²) in [6.45, 7) is 0.416. The van der Waals surface area contributed by atoms with Gasteiger partial charge in [-0.3, -0.25) is 14.4 Å². The second-order valence-corrected chi connectivity index (χ2v) is 8.58. The van der Waals surface area contributed by atoms with Gasteiger partial charge >= 0.3 is 5.97 Å². The molecule has 1 atom stereocenters. The van der Waals surface area contributed by atoms with E-state index in [-0.39, 0.29) is 23.5 Å². The fourth-order valence-electron chi connectivity index (χ4n) is 2.68. The maximum absolute atomic E-state index is 13.2. The van der Waals surface area contributed by atoms with Crippen molar-refractivity contribution in [1.82, 2.24) is 4.72 Å². The summed E-state index contributed by atoms with van der Waals surface area (Å²) in [6, 6.07) is 9.12. The van der Waals surface area contributed by atoms with Crippen LogP contribution < -0.4 is 20.1 Å². The monoisotopic (exact) mass is 481 g/mol. The van der Waals surface area contributed by atoms with Gasteiger partial charge < -0.3 is 20.1 Å². The maximum Gasteiger partial charge on any atom is 0.324 e. The SMILES string of the molecule is COc1ccc(S(=O)(=O)N[C@@H](C)C(=O)OCC(=O)N(CCC(N)=O)c2ccc(F)cc2)cc1. The number of anilines is 1. The molecule has 0 fully saturated rings. The Kier molecular flexibility index (Phi) is 8.88. The smallest absolute Gasteiger partial charge is 0.324 e. The van der Waals surface area contributed by atoms with E-state index in [1.165, 1.54) is 50.4 Å². The molecule has 2 amide bonds. The molecule has 178 valence electrons. The molecule has 2 aromatic rings. The molecular weight excluding hydrogens is 457 g/mol. The van der Waals surface area contributed by atoms with E-state index in [0.717, 1.165) is 17.0 Å². The number of hydrogen-bond donors (Lipinski definition) is 2. The topological polar surface area (TPSA) is 145 Å². The molecule has 2 aromatic carbocycles. The molecule has 0 aliphatic rings. The first-order valence-corrected chi connectivity index (χ1v) is 11.2. The Labute approximate surface area is 190 Å². The van der Waals surface area contributed by atoms with E-state index in [0.29, 0.717) is 5.75 Å². The van der Waals surface area contributed by atoms with Crippen molar-refractivity contribution in [2.24, 2.45) is 5.73 Å². The zero-order valence-electron chi connectivity index (χ0n) is 18.0. The van der Waals surface area contributed by atoms with Gasteiger partial charge in [0, 0.05) is 18.7 Å². The Morgan fingerprint density at radius 1 is 1.09 bits per heavy atom. The average Bonchev–Trinajstić information content (AvgIpc) is 2.78. The minimum Gasteiger partial charge on any atom is -0.497 e. The lowest BCUT2D eigenvalue weighted by Crippen LogP contribution is -2.42. The van der Waals surface area contributed by atoms with Crippen LogP contribution in [-0.2, 0) is 29.1 Å². The van der Waals surface area contributed by atoms with Crippen LogP contribution in [0.2, 0.25) is 0 Å². The quantitative estimate of drug-likeness (QED) is 0.455. The minimum atomic E-state index is -4.04. The molecule has 0 radical (unpaired) electrons. The van der Waals surface area contributed by atoms with Crippen molar-refractivity contribution >= 4 is 33.5 Å². The average molecular weight is 482 g/mol. The van der Waals surface area contributed by atoms with Gasteiger partial charge in [0.05, 0.1) is 12.0 Å². The van der Waals surface area contributed by atoms with E-state index < -0.39 is 46.3 Å². The molecule has 0 aliphatic carbocycles. The highest BCUT2D eigenvalue weighted by Crippen LogP contribution is 2.17. The molecule has 10 nitrogen and oxygen atoms in total. The number of nitrogens with zero attached hydrogens (tertiary/aromatic N) is 1. The third kappa shape index (κ3) is 7.54. The molecule has 0 aliphatic heterocycles. The summed E-state index contributed by atoms with van der Waals surface area (Å²) in [7, 11) is -2.60. The van der Waals surface area contributed by atoms with Crippen LogP contribution in [0, 0.1) is 5.82 Å². The molecule has 3 N–H and O–H groups in total.